The number of rotatable bonds is 6. The first-order valence-electron chi connectivity index (χ1n) is 5.74. The minimum absolute atomic E-state index is 0.444. The van der Waals surface area contributed by atoms with Crippen molar-refractivity contribution in [2.75, 3.05) is 33.7 Å². The lowest BCUT2D eigenvalue weighted by atomic mass is 10.2. The Bertz CT molecular complexity index is 152. The molecule has 1 aliphatic rings. The summed E-state index contributed by atoms with van der Waals surface area (Å²) < 4.78 is 5.91. The summed E-state index contributed by atoms with van der Waals surface area (Å²) in [5, 5.41) is 3.17. The second-order valence-corrected chi connectivity index (χ2v) is 4.28. The van der Waals surface area contributed by atoms with Gasteiger partial charge in [0.1, 0.15) is 0 Å². The number of hydrogen-bond donors (Lipinski definition) is 1. The number of nitrogens with one attached hydrogen (secondary N) is 1. The van der Waals surface area contributed by atoms with Crippen LogP contribution in [0.15, 0.2) is 0 Å². The van der Waals surface area contributed by atoms with Crippen LogP contribution in [0.5, 0.6) is 0 Å². The molecule has 0 aromatic rings. The Labute approximate surface area is 87.8 Å². The van der Waals surface area contributed by atoms with Crippen LogP contribution in [0, 0.1) is 0 Å². The van der Waals surface area contributed by atoms with Crippen molar-refractivity contribution in [3.63, 3.8) is 0 Å². The molecule has 14 heavy (non-hydrogen) atoms. The van der Waals surface area contributed by atoms with Crippen LogP contribution < -0.4 is 5.32 Å². The summed E-state index contributed by atoms with van der Waals surface area (Å²) in [5.41, 5.74) is 0. The fourth-order valence-electron chi connectivity index (χ4n) is 2.11. The molecular weight excluding hydrogens is 176 g/mol. The molecule has 3 nitrogen and oxygen atoms in total. The van der Waals surface area contributed by atoms with Gasteiger partial charge in [0.2, 0.25) is 0 Å². The lowest BCUT2D eigenvalue weighted by molar-refractivity contribution is 0.0288. The first-order chi connectivity index (χ1) is 6.76. The fraction of sp³-hybridized carbons (Fsp3) is 1.00. The number of ether oxygens (including phenoxy) is 1. The molecule has 0 bridgehead atoms. The van der Waals surface area contributed by atoms with Gasteiger partial charge in [-0.25, -0.2) is 0 Å². The largest absolute Gasteiger partial charge is 0.372 e. The highest BCUT2D eigenvalue weighted by atomic mass is 16.5. The van der Waals surface area contributed by atoms with Gasteiger partial charge in [-0.2, -0.15) is 0 Å². The van der Waals surface area contributed by atoms with Gasteiger partial charge < -0.3 is 15.0 Å². The first kappa shape index (κ1) is 12.0. The Morgan fingerprint density at radius 3 is 2.71 bits per heavy atom. The van der Waals surface area contributed by atoms with Crippen LogP contribution >= 0.6 is 0 Å². The van der Waals surface area contributed by atoms with Gasteiger partial charge in [0.25, 0.3) is 0 Å². The molecule has 0 saturated carbocycles. The smallest absolute Gasteiger partial charge is 0.0707 e. The highest BCUT2D eigenvalue weighted by Gasteiger charge is 2.25. The van der Waals surface area contributed by atoms with E-state index in [1.807, 2.05) is 7.05 Å². The van der Waals surface area contributed by atoms with Crippen LogP contribution in [0.4, 0.5) is 0 Å². The summed E-state index contributed by atoms with van der Waals surface area (Å²) >= 11 is 0. The molecule has 0 spiro atoms. The Hall–Kier alpha value is -0.120. The van der Waals surface area contributed by atoms with Crippen molar-refractivity contribution < 1.29 is 4.74 Å². The molecule has 1 heterocycles. The van der Waals surface area contributed by atoms with Crippen LogP contribution in [-0.4, -0.2) is 50.8 Å². The molecule has 2 atom stereocenters. The van der Waals surface area contributed by atoms with Gasteiger partial charge in [-0.05, 0) is 39.9 Å². The van der Waals surface area contributed by atoms with Crippen LogP contribution in [0.25, 0.3) is 0 Å². The van der Waals surface area contributed by atoms with Gasteiger partial charge in [-0.3, -0.25) is 0 Å². The van der Waals surface area contributed by atoms with Gasteiger partial charge >= 0.3 is 0 Å². The highest BCUT2D eigenvalue weighted by molar-refractivity contribution is 4.76. The molecule has 3 heteroatoms. The maximum atomic E-state index is 5.91. The number of nitrogens with zero attached hydrogens (tertiary/aromatic N) is 1. The average molecular weight is 200 g/mol. The Kier molecular flexibility index (Phi) is 5.45. The summed E-state index contributed by atoms with van der Waals surface area (Å²) in [6.45, 7) is 5.48. The molecule has 0 radical (unpaired) electrons. The summed E-state index contributed by atoms with van der Waals surface area (Å²) in [7, 11) is 4.16. The van der Waals surface area contributed by atoms with Gasteiger partial charge in [-0.15, -0.1) is 0 Å². The van der Waals surface area contributed by atoms with E-state index in [9.17, 15) is 0 Å². The standard InChI is InChI=1S/C11H24N2O/c1-4-7-13(3)9-11-6-5-10(14-11)8-12-2/h10-12H,4-9H2,1-3H3. The summed E-state index contributed by atoms with van der Waals surface area (Å²) in [4.78, 5) is 2.37. The fourth-order valence-corrected chi connectivity index (χ4v) is 2.11. The van der Waals surface area contributed by atoms with E-state index in [4.69, 9.17) is 4.74 Å². The zero-order chi connectivity index (χ0) is 10.4. The van der Waals surface area contributed by atoms with Crippen LogP contribution in [-0.2, 0) is 4.74 Å². The third-order valence-corrected chi connectivity index (χ3v) is 2.75. The molecule has 1 N–H and O–H groups in total. The van der Waals surface area contributed by atoms with Crippen LogP contribution in [0.3, 0.4) is 0 Å². The van der Waals surface area contributed by atoms with E-state index in [1.54, 1.807) is 0 Å². The molecule has 1 fully saturated rings. The molecule has 84 valence electrons. The van der Waals surface area contributed by atoms with E-state index in [1.165, 1.54) is 25.8 Å². The summed E-state index contributed by atoms with van der Waals surface area (Å²) in [5.74, 6) is 0. The quantitative estimate of drug-likeness (QED) is 0.695. The Morgan fingerprint density at radius 2 is 2.07 bits per heavy atom. The number of likely N-dealkylation sites (N-methyl/N-ethyl adjacent to an activating group) is 2. The van der Waals surface area contributed by atoms with E-state index in [0.717, 1.165) is 13.1 Å². The van der Waals surface area contributed by atoms with Crippen LogP contribution in [0.2, 0.25) is 0 Å². The monoisotopic (exact) mass is 200 g/mol. The highest BCUT2D eigenvalue weighted by Crippen LogP contribution is 2.19. The number of hydrogen-bond acceptors (Lipinski definition) is 3. The normalized spacial score (nSPS) is 27.4. The second kappa shape index (κ2) is 6.38. The van der Waals surface area contributed by atoms with Crippen molar-refractivity contribution in [1.29, 1.82) is 0 Å². The molecule has 0 aliphatic carbocycles. The zero-order valence-corrected chi connectivity index (χ0v) is 9.75. The Balaban J connectivity index is 2.15. The third-order valence-electron chi connectivity index (χ3n) is 2.75. The lowest BCUT2D eigenvalue weighted by Crippen LogP contribution is -2.31. The van der Waals surface area contributed by atoms with E-state index < -0.39 is 0 Å². The van der Waals surface area contributed by atoms with Gasteiger partial charge in [0.15, 0.2) is 0 Å². The topological polar surface area (TPSA) is 24.5 Å². The maximum Gasteiger partial charge on any atom is 0.0707 e. The molecule has 2 unspecified atom stereocenters. The van der Waals surface area contributed by atoms with Gasteiger partial charge in [0, 0.05) is 13.1 Å². The molecular formula is C11H24N2O. The van der Waals surface area contributed by atoms with Gasteiger partial charge in [0.05, 0.1) is 12.2 Å². The SMILES string of the molecule is CCCN(C)CC1CCC(CNC)O1. The molecule has 1 aliphatic heterocycles. The van der Waals surface area contributed by atoms with Gasteiger partial charge in [-0.1, -0.05) is 6.92 Å². The molecule has 0 aromatic carbocycles. The second-order valence-electron chi connectivity index (χ2n) is 4.28. The molecule has 1 saturated heterocycles. The van der Waals surface area contributed by atoms with E-state index in [0.29, 0.717) is 12.2 Å². The van der Waals surface area contributed by atoms with Crippen molar-refractivity contribution >= 4 is 0 Å². The van der Waals surface area contributed by atoms with Crippen LogP contribution in [0.1, 0.15) is 26.2 Å². The summed E-state index contributed by atoms with van der Waals surface area (Å²) in [6, 6.07) is 0. The minimum atomic E-state index is 0.444. The van der Waals surface area contributed by atoms with Crippen molar-refractivity contribution in [2.45, 2.75) is 38.4 Å². The average Bonchev–Trinajstić information content (AvgIpc) is 2.53. The Morgan fingerprint density at radius 1 is 1.36 bits per heavy atom. The summed E-state index contributed by atoms with van der Waals surface area (Å²) in [6.07, 6.45) is 4.57. The van der Waals surface area contributed by atoms with E-state index in [-0.39, 0.29) is 0 Å². The van der Waals surface area contributed by atoms with E-state index in [2.05, 4.69) is 24.2 Å². The van der Waals surface area contributed by atoms with E-state index >= 15 is 0 Å². The predicted molar refractivity (Wildman–Crippen MR) is 59.6 cm³/mol. The van der Waals surface area contributed by atoms with Crippen molar-refractivity contribution in [1.82, 2.24) is 10.2 Å². The lowest BCUT2D eigenvalue weighted by Gasteiger charge is -2.20. The predicted octanol–water partition coefficient (Wildman–Crippen LogP) is 1.10. The zero-order valence-electron chi connectivity index (χ0n) is 9.75. The molecule has 0 amide bonds. The van der Waals surface area contributed by atoms with Crippen molar-refractivity contribution in [3.05, 3.63) is 0 Å². The third kappa shape index (κ3) is 3.95. The van der Waals surface area contributed by atoms with Crippen molar-refractivity contribution in [3.8, 4) is 0 Å². The molecule has 1 rings (SSSR count). The first-order valence-corrected chi connectivity index (χ1v) is 5.74. The maximum absolute atomic E-state index is 5.91. The minimum Gasteiger partial charge on any atom is -0.372 e. The van der Waals surface area contributed by atoms with Crippen molar-refractivity contribution in [2.24, 2.45) is 0 Å². The molecule has 0 aromatic heterocycles.